The zero-order chi connectivity index (χ0) is 11.5. The third-order valence-electron chi connectivity index (χ3n) is 2.67. The van der Waals surface area contributed by atoms with Crippen LogP contribution in [0.2, 0.25) is 0 Å². The molecule has 1 saturated heterocycles. The van der Waals surface area contributed by atoms with Gasteiger partial charge in [0.25, 0.3) is 0 Å². The first kappa shape index (κ1) is 10.7. The Kier molecular flexibility index (Phi) is 2.90. The van der Waals surface area contributed by atoms with Gasteiger partial charge in [-0.05, 0) is 12.5 Å². The summed E-state index contributed by atoms with van der Waals surface area (Å²) in [5, 5.41) is 5.36. The average molecular weight is 218 g/mol. The molecular weight excluding hydrogens is 204 g/mol. The molecule has 4 heteroatoms. The Labute approximate surface area is 94.0 Å². The van der Waals surface area contributed by atoms with Crippen LogP contribution in [0.1, 0.15) is 12.5 Å². The van der Waals surface area contributed by atoms with Crippen LogP contribution in [0.25, 0.3) is 0 Å². The summed E-state index contributed by atoms with van der Waals surface area (Å²) in [6.07, 6.45) is 0.533. The smallest absolute Gasteiger partial charge is 0.243 e. The molecule has 2 N–H and O–H groups in total. The predicted octanol–water partition coefficient (Wildman–Crippen LogP) is 0.232. The van der Waals surface area contributed by atoms with Gasteiger partial charge in [0.15, 0.2) is 0 Å². The minimum absolute atomic E-state index is 0.115. The molecule has 1 fully saturated rings. The minimum atomic E-state index is -0.453. The number of nitrogens with one attached hydrogen (secondary N) is 2. The Bertz CT molecular complexity index is 403. The number of piperazine rings is 1. The molecule has 1 aliphatic rings. The van der Waals surface area contributed by atoms with Gasteiger partial charge in [-0.1, -0.05) is 30.3 Å². The second kappa shape index (κ2) is 4.35. The van der Waals surface area contributed by atoms with E-state index in [2.05, 4.69) is 10.6 Å². The third-order valence-corrected chi connectivity index (χ3v) is 2.67. The SMILES string of the molecule is C[C@@H]1NC(=O)[C@H](Cc2ccccc2)NC1=O. The first-order valence-corrected chi connectivity index (χ1v) is 5.31. The molecular formula is C12H14N2O2. The van der Waals surface area contributed by atoms with Crippen LogP contribution in [0.5, 0.6) is 0 Å². The van der Waals surface area contributed by atoms with Crippen molar-refractivity contribution in [2.45, 2.75) is 25.4 Å². The fourth-order valence-electron chi connectivity index (χ4n) is 1.74. The molecule has 84 valence electrons. The van der Waals surface area contributed by atoms with Crippen molar-refractivity contribution in [1.29, 1.82) is 0 Å². The van der Waals surface area contributed by atoms with Crippen molar-refractivity contribution < 1.29 is 9.59 Å². The van der Waals surface area contributed by atoms with Crippen molar-refractivity contribution in [3.63, 3.8) is 0 Å². The number of amides is 2. The van der Waals surface area contributed by atoms with E-state index in [0.29, 0.717) is 6.42 Å². The number of carbonyl (C=O) groups excluding carboxylic acids is 2. The molecule has 2 rings (SSSR count). The van der Waals surface area contributed by atoms with Gasteiger partial charge in [0.1, 0.15) is 12.1 Å². The normalized spacial score (nSPS) is 24.8. The van der Waals surface area contributed by atoms with Gasteiger partial charge >= 0.3 is 0 Å². The highest BCUT2D eigenvalue weighted by Gasteiger charge is 2.30. The lowest BCUT2D eigenvalue weighted by Crippen LogP contribution is -2.61. The lowest BCUT2D eigenvalue weighted by molar-refractivity contribution is -0.136. The lowest BCUT2D eigenvalue weighted by atomic mass is 10.0. The van der Waals surface area contributed by atoms with E-state index in [1.165, 1.54) is 0 Å². The number of carbonyl (C=O) groups is 2. The molecule has 16 heavy (non-hydrogen) atoms. The van der Waals surface area contributed by atoms with Gasteiger partial charge in [0.2, 0.25) is 11.8 Å². The van der Waals surface area contributed by atoms with Crippen LogP contribution in [-0.4, -0.2) is 23.9 Å². The zero-order valence-corrected chi connectivity index (χ0v) is 9.07. The summed E-state index contributed by atoms with van der Waals surface area (Å²) >= 11 is 0. The molecule has 1 aromatic rings. The molecule has 0 saturated carbocycles. The van der Waals surface area contributed by atoms with Crippen molar-refractivity contribution in [3.8, 4) is 0 Å². The largest absolute Gasteiger partial charge is 0.343 e. The molecule has 1 aromatic carbocycles. The maximum atomic E-state index is 11.6. The maximum Gasteiger partial charge on any atom is 0.243 e. The van der Waals surface area contributed by atoms with Gasteiger partial charge in [0, 0.05) is 6.42 Å². The highest BCUT2D eigenvalue weighted by Crippen LogP contribution is 2.06. The molecule has 1 aliphatic heterocycles. The Hall–Kier alpha value is -1.84. The van der Waals surface area contributed by atoms with Gasteiger partial charge in [-0.15, -0.1) is 0 Å². The minimum Gasteiger partial charge on any atom is -0.343 e. The molecule has 0 aromatic heterocycles. The molecule has 1 heterocycles. The van der Waals surface area contributed by atoms with Crippen LogP contribution in [-0.2, 0) is 16.0 Å². The van der Waals surface area contributed by atoms with E-state index < -0.39 is 12.1 Å². The van der Waals surface area contributed by atoms with Gasteiger partial charge < -0.3 is 10.6 Å². The molecule has 0 unspecified atom stereocenters. The summed E-state index contributed by atoms with van der Waals surface area (Å²) in [5.41, 5.74) is 1.04. The van der Waals surface area contributed by atoms with E-state index in [-0.39, 0.29) is 11.8 Å². The van der Waals surface area contributed by atoms with Crippen LogP contribution >= 0.6 is 0 Å². The van der Waals surface area contributed by atoms with Gasteiger partial charge in [-0.3, -0.25) is 9.59 Å². The van der Waals surface area contributed by atoms with Crippen molar-refractivity contribution >= 4 is 11.8 Å². The van der Waals surface area contributed by atoms with Crippen molar-refractivity contribution in [3.05, 3.63) is 35.9 Å². The zero-order valence-electron chi connectivity index (χ0n) is 9.07. The van der Waals surface area contributed by atoms with Crippen LogP contribution in [0, 0.1) is 0 Å². The Morgan fingerprint density at radius 2 is 1.75 bits per heavy atom. The summed E-state index contributed by atoms with van der Waals surface area (Å²) in [5.74, 6) is -0.239. The molecule has 0 aliphatic carbocycles. The highest BCUT2D eigenvalue weighted by molar-refractivity contribution is 5.96. The molecule has 2 amide bonds. The summed E-state index contributed by atoms with van der Waals surface area (Å²) in [4.78, 5) is 23.0. The van der Waals surface area contributed by atoms with Gasteiger partial charge in [0.05, 0.1) is 0 Å². The second-order valence-electron chi connectivity index (χ2n) is 3.98. The summed E-state index contributed by atoms with van der Waals surface area (Å²) in [6.45, 7) is 1.67. The van der Waals surface area contributed by atoms with E-state index >= 15 is 0 Å². The second-order valence-corrected chi connectivity index (χ2v) is 3.98. The molecule has 4 nitrogen and oxygen atoms in total. The number of rotatable bonds is 2. The highest BCUT2D eigenvalue weighted by atomic mass is 16.2. The van der Waals surface area contributed by atoms with Crippen molar-refractivity contribution in [1.82, 2.24) is 10.6 Å². The molecule has 0 radical (unpaired) electrons. The van der Waals surface area contributed by atoms with E-state index in [4.69, 9.17) is 0 Å². The van der Waals surface area contributed by atoms with E-state index in [1.54, 1.807) is 6.92 Å². The van der Waals surface area contributed by atoms with Crippen LogP contribution in [0.4, 0.5) is 0 Å². The third kappa shape index (κ3) is 2.21. The summed E-state index contributed by atoms with van der Waals surface area (Å²) in [7, 11) is 0. The van der Waals surface area contributed by atoms with Gasteiger partial charge in [-0.25, -0.2) is 0 Å². The summed E-state index contributed by atoms with van der Waals surface area (Å²) < 4.78 is 0. The number of hydrogen-bond acceptors (Lipinski definition) is 2. The monoisotopic (exact) mass is 218 g/mol. The summed E-state index contributed by atoms with van der Waals surface area (Å²) in [6, 6.07) is 8.76. The van der Waals surface area contributed by atoms with Crippen LogP contribution in [0.15, 0.2) is 30.3 Å². The standard InChI is InChI=1S/C12H14N2O2/c1-8-11(15)14-10(12(16)13-8)7-9-5-3-2-4-6-9/h2-6,8,10H,7H2,1H3,(H,13,16)(H,14,15)/t8-,10-/m0/s1. The van der Waals surface area contributed by atoms with Crippen molar-refractivity contribution in [2.75, 3.05) is 0 Å². The van der Waals surface area contributed by atoms with Crippen molar-refractivity contribution in [2.24, 2.45) is 0 Å². The first-order valence-electron chi connectivity index (χ1n) is 5.31. The number of benzene rings is 1. The fourth-order valence-corrected chi connectivity index (χ4v) is 1.74. The van der Waals surface area contributed by atoms with Gasteiger partial charge in [-0.2, -0.15) is 0 Å². The maximum absolute atomic E-state index is 11.6. The quantitative estimate of drug-likeness (QED) is 0.746. The molecule has 2 atom stereocenters. The van der Waals surface area contributed by atoms with Crippen LogP contribution in [0.3, 0.4) is 0 Å². The number of hydrogen-bond donors (Lipinski definition) is 2. The Morgan fingerprint density at radius 1 is 1.06 bits per heavy atom. The fraction of sp³-hybridized carbons (Fsp3) is 0.333. The molecule has 0 spiro atoms. The van der Waals surface area contributed by atoms with E-state index in [0.717, 1.165) is 5.56 Å². The molecule has 0 bridgehead atoms. The predicted molar refractivity (Wildman–Crippen MR) is 59.7 cm³/mol. The average Bonchev–Trinajstić information content (AvgIpc) is 2.27. The first-order chi connectivity index (χ1) is 7.66. The van der Waals surface area contributed by atoms with Crippen LogP contribution < -0.4 is 10.6 Å². The Balaban J connectivity index is 2.05. The van der Waals surface area contributed by atoms with E-state index in [1.807, 2.05) is 30.3 Å². The lowest BCUT2D eigenvalue weighted by Gasteiger charge is -2.27. The Morgan fingerprint density at radius 3 is 2.44 bits per heavy atom. The van der Waals surface area contributed by atoms with E-state index in [9.17, 15) is 9.59 Å². The topological polar surface area (TPSA) is 58.2 Å².